The van der Waals surface area contributed by atoms with E-state index in [1.807, 2.05) is 36.0 Å². The first-order valence-electron chi connectivity index (χ1n) is 6.85. The number of hydrogen-bond acceptors (Lipinski definition) is 2. The summed E-state index contributed by atoms with van der Waals surface area (Å²) in [5.74, 6) is 0.298. The van der Waals surface area contributed by atoms with Gasteiger partial charge in [-0.15, -0.1) is 0 Å². The second-order valence-corrected chi connectivity index (χ2v) is 4.76. The maximum Gasteiger partial charge on any atom is 0.137 e. The molecule has 0 aliphatic heterocycles. The third kappa shape index (κ3) is 4.36. The summed E-state index contributed by atoms with van der Waals surface area (Å²) in [6.07, 6.45) is 6.79. The van der Waals surface area contributed by atoms with E-state index in [2.05, 4.69) is 17.2 Å². The summed E-state index contributed by atoms with van der Waals surface area (Å²) in [7, 11) is 0. The minimum absolute atomic E-state index is 0.298. The number of hydrogen-bond donors (Lipinski definition) is 0. The van der Waals surface area contributed by atoms with Crippen molar-refractivity contribution in [3.63, 3.8) is 0 Å². The monoisotopic (exact) mass is 256 g/mol. The van der Waals surface area contributed by atoms with Crippen molar-refractivity contribution < 1.29 is 4.79 Å². The van der Waals surface area contributed by atoms with E-state index in [1.54, 1.807) is 6.20 Å². The van der Waals surface area contributed by atoms with E-state index in [0.717, 1.165) is 24.9 Å². The lowest BCUT2D eigenvalue weighted by molar-refractivity contribution is -0.118. The van der Waals surface area contributed by atoms with Gasteiger partial charge in [-0.1, -0.05) is 30.3 Å². The molecule has 1 aromatic heterocycles. The van der Waals surface area contributed by atoms with Crippen LogP contribution in [-0.4, -0.2) is 15.6 Å². The Kier molecular flexibility index (Phi) is 4.90. The van der Waals surface area contributed by atoms with Crippen LogP contribution in [0.15, 0.2) is 42.7 Å². The van der Waals surface area contributed by atoms with E-state index >= 15 is 0 Å². The van der Waals surface area contributed by atoms with Gasteiger partial charge in [0, 0.05) is 25.6 Å². The largest absolute Gasteiger partial charge is 0.299 e. The van der Waals surface area contributed by atoms with Crippen molar-refractivity contribution >= 4 is 5.78 Å². The Hall–Kier alpha value is -1.90. The van der Waals surface area contributed by atoms with Crippen LogP contribution >= 0.6 is 0 Å². The molecule has 3 heteroatoms. The Morgan fingerprint density at radius 3 is 2.68 bits per heavy atom. The summed E-state index contributed by atoms with van der Waals surface area (Å²) in [5, 5.41) is 4.18. The summed E-state index contributed by atoms with van der Waals surface area (Å²) >= 11 is 0. The third-order valence-corrected chi connectivity index (χ3v) is 3.18. The Morgan fingerprint density at radius 2 is 2.00 bits per heavy atom. The molecule has 1 heterocycles. The number of ketones is 1. The minimum atomic E-state index is 0.298. The van der Waals surface area contributed by atoms with Crippen molar-refractivity contribution in [3.05, 3.63) is 53.9 Å². The summed E-state index contributed by atoms with van der Waals surface area (Å²) in [6, 6.07) is 10.3. The predicted molar refractivity (Wildman–Crippen MR) is 76.0 cm³/mol. The van der Waals surface area contributed by atoms with Gasteiger partial charge in [-0.3, -0.25) is 9.48 Å². The normalized spacial score (nSPS) is 10.6. The van der Waals surface area contributed by atoms with Crippen molar-refractivity contribution in [3.8, 4) is 0 Å². The lowest BCUT2D eigenvalue weighted by Gasteiger charge is -2.01. The van der Waals surface area contributed by atoms with Crippen molar-refractivity contribution in [2.45, 2.75) is 39.2 Å². The topological polar surface area (TPSA) is 34.9 Å². The molecule has 0 amide bonds. The molecular formula is C16H20N2O. The Labute approximate surface area is 114 Å². The van der Waals surface area contributed by atoms with E-state index in [-0.39, 0.29) is 0 Å². The SMILES string of the molecule is CCn1cc(CC(=O)CCCc2ccccc2)cn1. The van der Waals surface area contributed by atoms with Gasteiger partial charge >= 0.3 is 0 Å². The highest BCUT2D eigenvalue weighted by atomic mass is 16.1. The van der Waals surface area contributed by atoms with Gasteiger partial charge in [0.15, 0.2) is 0 Å². The standard InChI is InChI=1S/C16H20N2O/c1-2-18-13-15(12-17-18)11-16(19)10-6-9-14-7-4-3-5-8-14/h3-5,7-8,12-13H,2,6,9-11H2,1H3. The second kappa shape index (κ2) is 6.88. The Morgan fingerprint density at radius 1 is 1.21 bits per heavy atom. The fourth-order valence-electron chi connectivity index (χ4n) is 2.12. The van der Waals surface area contributed by atoms with Gasteiger partial charge in [0.05, 0.1) is 6.20 Å². The number of carbonyl (C=O) groups excluding carboxylic acids is 1. The van der Waals surface area contributed by atoms with Gasteiger partial charge in [0.1, 0.15) is 5.78 Å². The molecule has 0 atom stereocenters. The zero-order valence-electron chi connectivity index (χ0n) is 11.4. The number of nitrogens with zero attached hydrogens (tertiary/aromatic N) is 2. The average Bonchev–Trinajstić information content (AvgIpc) is 2.87. The molecule has 0 radical (unpaired) electrons. The molecule has 0 aliphatic rings. The molecule has 0 N–H and O–H groups in total. The Bertz CT molecular complexity index is 517. The maximum atomic E-state index is 11.9. The fourth-order valence-corrected chi connectivity index (χ4v) is 2.12. The molecule has 100 valence electrons. The van der Waals surface area contributed by atoms with Crippen LogP contribution in [0.4, 0.5) is 0 Å². The van der Waals surface area contributed by atoms with E-state index in [0.29, 0.717) is 18.6 Å². The van der Waals surface area contributed by atoms with Gasteiger partial charge in [0.2, 0.25) is 0 Å². The van der Waals surface area contributed by atoms with Crippen molar-refractivity contribution in [1.29, 1.82) is 0 Å². The number of Topliss-reactive ketones (excluding diaryl/α,β-unsaturated/α-hetero) is 1. The van der Waals surface area contributed by atoms with Gasteiger partial charge in [-0.05, 0) is 30.9 Å². The molecule has 3 nitrogen and oxygen atoms in total. The van der Waals surface area contributed by atoms with Crippen molar-refractivity contribution in [2.75, 3.05) is 0 Å². The number of aryl methyl sites for hydroxylation is 2. The summed E-state index contributed by atoms with van der Waals surface area (Å²) in [6.45, 7) is 2.89. The van der Waals surface area contributed by atoms with Crippen LogP contribution in [0.3, 0.4) is 0 Å². The highest BCUT2D eigenvalue weighted by molar-refractivity contribution is 5.80. The minimum Gasteiger partial charge on any atom is -0.299 e. The van der Waals surface area contributed by atoms with Crippen molar-refractivity contribution in [1.82, 2.24) is 9.78 Å². The number of aromatic nitrogens is 2. The highest BCUT2D eigenvalue weighted by Crippen LogP contribution is 2.07. The quantitative estimate of drug-likeness (QED) is 0.763. The molecule has 0 unspecified atom stereocenters. The van der Waals surface area contributed by atoms with Crippen LogP contribution in [0, 0.1) is 0 Å². The molecular weight excluding hydrogens is 236 g/mol. The first kappa shape index (κ1) is 13.5. The first-order valence-corrected chi connectivity index (χ1v) is 6.85. The van der Waals surface area contributed by atoms with E-state index in [1.165, 1.54) is 5.56 Å². The molecule has 0 aliphatic carbocycles. The van der Waals surface area contributed by atoms with Crippen LogP contribution in [0.2, 0.25) is 0 Å². The van der Waals surface area contributed by atoms with E-state index in [4.69, 9.17) is 0 Å². The lowest BCUT2D eigenvalue weighted by Crippen LogP contribution is -2.02. The Balaban J connectivity index is 1.73. The van der Waals surface area contributed by atoms with Gasteiger partial charge in [0.25, 0.3) is 0 Å². The predicted octanol–water partition coefficient (Wildman–Crippen LogP) is 3.04. The highest BCUT2D eigenvalue weighted by Gasteiger charge is 2.06. The molecule has 0 saturated heterocycles. The summed E-state index contributed by atoms with van der Waals surface area (Å²) in [4.78, 5) is 11.9. The third-order valence-electron chi connectivity index (χ3n) is 3.18. The summed E-state index contributed by atoms with van der Waals surface area (Å²) < 4.78 is 1.85. The zero-order valence-corrected chi connectivity index (χ0v) is 11.4. The van der Waals surface area contributed by atoms with Crippen LogP contribution in [0.5, 0.6) is 0 Å². The summed E-state index contributed by atoms with van der Waals surface area (Å²) in [5.41, 5.74) is 2.32. The number of rotatable bonds is 7. The van der Waals surface area contributed by atoms with Gasteiger partial charge in [-0.2, -0.15) is 5.10 Å². The smallest absolute Gasteiger partial charge is 0.137 e. The zero-order chi connectivity index (χ0) is 13.5. The molecule has 0 spiro atoms. The van der Waals surface area contributed by atoms with Crippen LogP contribution in [-0.2, 0) is 24.2 Å². The van der Waals surface area contributed by atoms with Gasteiger partial charge in [-0.25, -0.2) is 0 Å². The number of benzene rings is 1. The van der Waals surface area contributed by atoms with Crippen LogP contribution < -0.4 is 0 Å². The number of carbonyl (C=O) groups is 1. The average molecular weight is 256 g/mol. The molecule has 0 saturated carbocycles. The molecule has 2 aromatic rings. The fraction of sp³-hybridized carbons (Fsp3) is 0.375. The van der Waals surface area contributed by atoms with E-state index in [9.17, 15) is 4.79 Å². The second-order valence-electron chi connectivity index (χ2n) is 4.76. The molecule has 0 bridgehead atoms. The van der Waals surface area contributed by atoms with Gasteiger partial charge < -0.3 is 0 Å². The van der Waals surface area contributed by atoms with E-state index < -0.39 is 0 Å². The maximum absolute atomic E-state index is 11.9. The molecule has 0 fully saturated rings. The molecule has 1 aromatic carbocycles. The van der Waals surface area contributed by atoms with Crippen LogP contribution in [0.1, 0.15) is 30.9 Å². The van der Waals surface area contributed by atoms with Crippen LogP contribution in [0.25, 0.3) is 0 Å². The molecule has 19 heavy (non-hydrogen) atoms. The lowest BCUT2D eigenvalue weighted by atomic mass is 10.0. The molecule has 2 rings (SSSR count). The van der Waals surface area contributed by atoms with Crippen molar-refractivity contribution in [2.24, 2.45) is 0 Å². The first-order chi connectivity index (χ1) is 9.28.